The second kappa shape index (κ2) is 8.37. The van der Waals surface area contributed by atoms with Crippen LogP contribution in [0.1, 0.15) is 47.7 Å². The van der Waals surface area contributed by atoms with Gasteiger partial charge in [-0.05, 0) is 64.2 Å². The van der Waals surface area contributed by atoms with Gasteiger partial charge in [0.2, 0.25) is 0 Å². The van der Waals surface area contributed by atoms with Crippen molar-refractivity contribution in [2.75, 3.05) is 0 Å². The van der Waals surface area contributed by atoms with Crippen molar-refractivity contribution in [2.45, 2.75) is 37.9 Å². The summed E-state index contributed by atoms with van der Waals surface area (Å²) in [6, 6.07) is 29.8. The van der Waals surface area contributed by atoms with E-state index >= 15 is 0 Å². The highest BCUT2D eigenvalue weighted by Gasteiger charge is 2.48. The molecule has 162 valence electrons. The summed E-state index contributed by atoms with van der Waals surface area (Å²) in [4.78, 5) is 0. The van der Waals surface area contributed by atoms with Crippen LogP contribution in [0.3, 0.4) is 0 Å². The van der Waals surface area contributed by atoms with Crippen LogP contribution in [0.5, 0.6) is 0 Å². The van der Waals surface area contributed by atoms with E-state index in [0.717, 1.165) is 42.8 Å². The molecule has 1 heterocycles. The molecular weight excluding hydrogens is 404 g/mol. The van der Waals surface area contributed by atoms with Gasteiger partial charge in [0.1, 0.15) is 5.76 Å². The zero-order valence-electron chi connectivity index (χ0n) is 18.7. The fourth-order valence-electron chi connectivity index (χ4n) is 5.14. The van der Waals surface area contributed by atoms with E-state index in [1.807, 2.05) is 12.1 Å². The number of ketones is 1. The van der Waals surface area contributed by atoms with Gasteiger partial charge < -0.3 is 4.74 Å². The predicted octanol–water partition coefficient (Wildman–Crippen LogP) is 8.00. The summed E-state index contributed by atoms with van der Waals surface area (Å²) in [5.41, 5.74) is 2.31. The quantitative estimate of drug-likeness (QED) is 0.238. The van der Waals surface area contributed by atoms with Crippen LogP contribution in [0.25, 0.3) is 27.6 Å². The van der Waals surface area contributed by atoms with Crippen molar-refractivity contribution in [3.8, 4) is 0 Å². The molecule has 2 aliphatic rings. The van der Waals surface area contributed by atoms with E-state index in [2.05, 4.69) is 91.0 Å². The molecule has 0 atom stereocenters. The first-order valence-electron chi connectivity index (χ1n) is 11.9. The number of hydrogen-bond donors (Lipinski definition) is 0. The Morgan fingerprint density at radius 2 is 1.33 bits per heavy atom. The third-order valence-corrected chi connectivity index (χ3v) is 6.77. The first-order chi connectivity index (χ1) is 16.3. The molecule has 1 fully saturated rings. The molecule has 1 spiro atoms. The Morgan fingerprint density at radius 3 is 2.03 bits per heavy atom. The lowest BCUT2D eigenvalue weighted by atomic mass is 9.93. The van der Waals surface area contributed by atoms with Crippen molar-refractivity contribution in [2.24, 2.45) is 0 Å². The van der Waals surface area contributed by atoms with Crippen LogP contribution in [-0.4, -0.2) is 11.6 Å². The fraction of sp³-hybridized carbons (Fsp3) is 0.194. The topological polar surface area (TPSA) is 20.5 Å². The van der Waals surface area contributed by atoms with Gasteiger partial charge in [-0.25, -0.2) is 4.42 Å². The van der Waals surface area contributed by atoms with Crippen molar-refractivity contribution in [1.29, 1.82) is 0 Å². The molecule has 1 aliphatic carbocycles. The lowest BCUT2D eigenvalue weighted by Crippen LogP contribution is -2.36. The lowest BCUT2D eigenvalue weighted by molar-refractivity contribution is -0.486. The predicted molar refractivity (Wildman–Crippen MR) is 136 cm³/mol. The molecule has 2 heteroatoms. The van der Waals surface area contributed by atoms with Gasteiger partial charge in [-0.15, -0.1) is 0 Å². The van der Waals surface area contributed by atoms with E-state index in [9.17, 15) is 0 Å². The van der Waals surface area contributed by atoms with Gasteiger partial charge in [-0.3, -0.25) is 0 Å². The lowest BCUT2D eigenvalue weighted by Gasteiger charge is -2.27. The normalized spacial score (nSPS) is 17.8. The van der Waals surface area contributed by atoms with Crippen molar-refractivity contribution in [3.63, 3.8) is 0 Å². The first-order valence-corrected chi connectivity index (χ1v) is 11.9. The average Bonchev–Trinajstić information content (AvgIpc) is 2.87. The molecule has 1 saturated carbocycles. The molecule has 0 unspecified atom stereocenters. The Balaban J connectivity index is 1.46. The zero-order chi connectivity index (χ0) is 22.1. The number of hydrogen-bond acceptors (Lipinski definition) is 1. The molecule has 0 saturated heterocycles. The summed E-state index contributed by atoms with van der Waals surface area (Å²) in [5, 5.41) is 5.00. The smallest absolute Gasteiger partial charge is 0.409 e. The Bertz CT molecular complexity index is 1350. The van der Waals surface area contributed by atoms with Crippen LogP contribution < -0.4 is 0 Å². The van der Waals surface area contributed by atoms with E-state index < -0.39 is 5.79 Å². The van der Waals surface area contributed by atoms with Gasteiger partial charge in [-0.2, -0.15) is 0 Å². The third kappa shape index (κ3) is 3.87. The molecule has 0 aromatic heterocycles. The Labute approximate surface area is 194 Å². The number of rotatable bonds is 3. The van der Waals surface area contributed by atoms with Crippen LogP contribution in [0.15, 0.2) is 103 Å². The summed E-state index contributed by atoms with van der Waals surface area (Å²) >= 11 is 0. The minimum atomic E-state index is -0.557. The maximum Gasteiger partial charge on any atom is 0.429 e. The highest BCUT2D eigenvalue weighted by molar-refractivity contribution is 6.07. The molecule has 0 radical (unpaired) electrons. The number of carbonyl (C=O) groups excluding carboxylic acids is 1. The number of allylic oxidation sites excluding steroid dienone is 2. The summed E-state index contributed by atoms with van der Waals surface area (Å²) < 4.78 is 13.1. The van der Waals surface area contributed by atoms with E-state index in [4.69, 9.17) is 9.16 Å². The zero-order valence-corrected chi connectivity index (χ0v) is 18.7. The van der Waals surface area contributed by atoms with Gasteiger partial charge >= 0.3 is 11.6 Å². The number of fused-ring (bicyclic) bond motifs is 2. The SMILES string of the molecule is C(=Cc1c2ccccc2cc2ccccc12)C1=CC(c2ccccc2)=[O+]C2(CCCCC2)O1. The second-order valence-electron chi connectivity index (χ2n) is 9.02. The molecule has 4 aromatic carbocycles. The van der Waals surface area contributed by atoms with Crippen molar-refractivity contribution in [1.82, 2.24) is 0 Å². The monoisotopic (exact) mass is 431 g/mol. The first kappa shape index (κ1) is 20.0. The molecular formula is C31H27O2+. The van der Waals surface area contributed by atoms with Crippen molar-refractivity contribution >= 4 is 33.4 Å². The van der Waals surface area contributed by atoms with E-state index in [1.54, 1.807) is 0 Å². The van der Waals surface area contributed by atoms with Crippen LogP contribution in [-0.2, 0) is 4.74 Å². The minimum absolute atomic E-state index is 0.557. The average molecular weight is 432 g/mol. The summed E-state index contributed by atoms with van der Waals surface area (Å²) in [5.74, 6) is 1.20. The van der Waals surface area contributed by atoms with E-state index in [0.29, 0.717) is 0 Å². The van der Waals surface area contributed by atoms with Gasteiger partial charge in [0.05, 0.1) is 24.5 Å². The van der Waals surface area contributed by atoms with Gasteiger partial charge in [0.15, 0.2) is 0 Å². The molecule has 0 bridgehead atoms. The van der Waals surface area contributed by atoms with Crippen LogP contribution >= 0.6 is 0 Å². The molecule has 2 nitrogen and oxygen atoms in total. The van der Waals surface area contributed by atoms with Gasteiger partial charge in [0, 0.05) is 0 Å². The Hall–Kier alpha value is -3.65. The molecule has 6 rings (SSSR count). The van der Waals surface area contributed by atoms with E-state index in [1.165, 1.54) is 33.5 Å². The molecule has 1 aliphatic heterocycles. The molecule has 4 aromatic rings. The van der Waals surface area contributed by atoms with E-state index in [-0.39, 0.29) is 0 Å². The summed E-state index contributed by atoms with van der Waals surface area (Å²) in [6.45, 7) is 0. The van der Waals surface area contributed by atoms with Gasteiger partial charge in [0.25, 0.3) is 0 Å². The highest BCUT2D eigenvalue weighted by atomic mass is 16.7. The maximum absolute atomic E-state index is 6.54. The minimum Gasteiger partial charge on any atom is -0.409 e. The fourth-order valence-corrected chi connectivity index (χ4v) is 5.14. The standard InChI is InChI=1S/C31H27O2/c1-3-11-23(12-4-1)30-22-26(32-31(33-30)19-9-2-10-20-31)17-18-29-27-15-7-5-13-24(27)21-25-14-6-8-16-28(25)29/h1,3-8,11-18,21-22H,2,9-10,19-20H2/q+1. The molecule has 0 amide bonds. The number of benzene rings is 4. The van der Waals surface area contributed by atoms with Gasteiger partial charge in [-0.1, -0.05) is 79.2 Å². The summed E-state index contributed by atoms with van der Waals surface area (Å²) in [6.07, 6.45) is 11.7. The molecule has 0 N–H and O–H groups in total. The third-order valence-electron chi connectivity index (χ3n) is 6.77. The van der Waals surface area contributed by atoms with Crippen molar-refractivity contribution < 1.29 is 9.16 Å². The highest BCUT2D eigenvalue weighted by Crippen LogP contribution is 2.38. The van der Waals surface area contributed by atoms with Crippen LogP contribution in [0.2, 0.25) is 0 Å². The molecule has 33 heavy (non-hydrogen) atoms. The van der Waals surface area contributed by atoms with Crippen LogP contribution in [0, 0.1) is 0 Å². The maximum atomic E-state index is 6.54. The second-order valence-corrected chi connectivity index (χ2v) is 9.02. The Morgan fingerprint density at radius 1 is 0.697 bits per heavy atom. The van der Waals surface area contributed by atoms with Crippen LogP contribution in [0.4, 0.5) is 0 Å². The Kier molecular flexibility index (Phi) is 5.07. The number of ether oxygens (including phenoxy) is 1. The largest absolute Gasteiger partial charge is 0.429 e. The van der Waals surface area contributed by atoms with Crippen molar-refractivity contribution in [3.05, 3.63) is 114 Å². The summed E-state index contributed by atoms with van der Waals surface area (Å²) in [7, 11) is 0.